The van der Waals surface area contributed by atoms with E-state index < -0.39 is 10.0 Å². The largest absolute Gasteiger partial charge is 0.396 e. The number of nitrogens with zero attached hydrogens (tertiary/aromatic N) is 2. The molecule has 0 saturated carbocycles. The van der Waals surface area contributed by atoms with Gasteiger partial charge in [-0.1, -0.05) is 6.92 Å². The molecule has 0 amide bonds. The first-order valence-corrected chi connectivity index (χ1v) is 8.82. The summed E-state index contributed by atoms with van der Waals surface area (Å²) in [6.07, 6.45) is 5.32. The molecule has 0 aromatic carbocycles. The normalized spacial score (nSPS) is 17.8. The summed E-state index contributed by atoms with van der Waals surface area (Å²) in [5.74, 6) is 0.211. The lowest BCUT2D eigenvalue weighted by molar-refractivity contribution is 0.170. The molecule has 2 N–H and O–H groups in total. The number of hydrogen-bond acceptors (Lipinski definition) is 5. The van der Waals surface area contributed by atoms with Crippen LogP contribution < -0.4 is 5.32 Å². The van der Waals surface area contributed by atoms with E-state index in [1.54, 1.807) is 12.3 Å². The Balaban J connectivity index is 2.20. The molecule has 1 aliphatic rings. The molecule has 1 aliphatic heterocycles. The van der Waals surface area contributed by atoms with Gasteiger partial charge in [0.25, 0.3) is 0 Å². The Morgan fingerprint density at radius 2 is 2.14 bits per heavy atom. The second-order valence-electron chi connectivity index (χ2n) is 5.33. The van der Waals surface area contributed by atoms with Crippen LogP contribution >= 0.6 is 0 Å². The van der Waals surface area contributed by atoms with E-state index in [2.05, 4.69) is 10.3 Å². The van der Waals surface area contributed by atoms with Crippen LogP contribution in [-0.4, -0.2) is 49.1 Å². The van der Waals surface area contributed by atoms with E-state index in [0.717, 1.165) is 13.0 Å². The summed E-state index contributed by atoms with van der Waals surface area (Å²) >= 11 is 0. The van der Waals surface area contributed by atoms with Gasteiger partial charge in [0.05, 0.1) is 5.69 Å². The Bertz CT molecular complexity index is 554. The van der Waals surface area contributed by atoms with Gasteiger partial charge in [-0.2, -0.15) is 4.31 Å². The first-order valence-electron chi connectivity index (χ1n) is 7.38. The number of pyridine rings is 1. The molecule has 1 saturated heterocycles. The molecule has 7 heteroatoms. The van der Waals surface area contributed by atoms with Crippen LogP contribution in [0.1, 0.15) is 26.2 Å². The van der Waals surface area contributed by atoms with Crippen LogP contribution in [0.15, 0.2) is 23.4 Å². The molecule has 1 aromatic rings. The van der Waals surface area contributed by atoms with Crippen molar-refractivity contribution >= 4 is 15.7 Å². The number of aliphatic hydroxyl groups is 1. The Hall–Kier alpha value is -1.18. The van der Waals surface area contributed by atoms with Gasteiger partial charge in [0.2, 0.25) is 10.0 Å². The average Bonchev–Trinajstić information content (AvgIpc) is 2.53. The lowest BCUT2D eigenvalue weighted by atomic mass is 10.00. The highest BCUT2D eigenvalue weighted by Crippen LogP contribution is 2.27. The summed E-state index contributed by atoms with van der Waals surface area (Å²) in [7, 11) is -3.53. The van der Waals surface area contributed by atoms with E-state index >= 15 is 0 Å². The number of piperidine rings is 1. The number of anilines is 1. The van der Waals surface area contributed by atoms with Crippen LogP contribution in [-0.2, 0) is 10.0 Å². The fourth-order valence-electron chi connectivity index (χ4n) is 2.46. The summed E-state index contributed by atoms with van der Waals surface area (Å²) in [6.45, 7) is 3.79. The van der Waals surface area contributed by atoms with Gasteiger partial charge in [-0.15, -0.1) is 0 Å². The van der Waals surface area contributed by atoms with E-state index in [9.17, 15) is 8.42 Å². The van der Waals surface area contributed by atoms with Crippen LogP contribution in [0, 0.1) is 5.92 Å². The summed E-state index contributed by atoms with van der Waals surface area (Å²) in [5, 5.41) is 12.3. The SMILES string of the molecule is CCCNc1ccncc1S(=O)(=O)N1CCC(CO)CC1. The van der Waals surface area contributed by atoms with Gasteiger partial charge in [-0.05, 0) is 31.2 Å². The first kappa shape index (κ1) is 16.2. The molecule has 1 aromatic heterocycles. The van der Waals surface area contributed by atoms with Crippen molar-refractivity contribution in [2.75, 3.05) is 31.6 Å². The fraction of sp³-hybridized carbons (Fsp3) is 0.643. The highest BCUT2D eigenvalue weighted by Gasteiger charge is 2.30. The van der Waals surface area contributed by atoms with Crippen molar-refractivity contribution in [2.24, 2.45) is 5.92 Å². The Labute approximate surface area is 126 Å². The molecule has 0 aliphatic carbocycles. The van der Waals surface area contributed by atoms with Crippen LogP contribution in [0.25, 0.3) is 0 Å². The number of sulfonamides is 1. The summed E-state index contributed by atoms with van der Waals surface area (Å²) in [4.78, 5) is 4.20. The predicted octanol–water partition coefficient (Wildman–Crippen LogP) is 1.30. The third kappa shape index (κ3) is 3.72. The molecule has 0 bridgehead atoms. The number of rotatable bonds is 6. The van der Waals surface area contributed by atoms with Crippen molar-refractivity contribution in [1.82, 2.24) is 9.29 Å². The molecule has 21 heavy (non-hydrogen) atoms. The van der Waals surface area contributed by atoms with E-state index in [4.69, 9.17) is 5.11 Å². The zero-order valence-corrected chi connectivity index (χ0v) is 13.1. The standard InChI is InChI=1S/C14H23N3O3S/c1-2-6-16-13-3-7-15-10-14(13)21(19,20)17-8-4-12(11-18)5-9-17/h3,7,10,12,18H,2,4-6,8-9,11H2,1H3,(H,15,16). The van der Waals surface area contributed by atoms with Gasteiger partial charge >= 0.3 is 0 Å². The Morgan fingerprint density at radius 1 is 1.43 bits per heavy atom. The maximum atomic E-state index is 12.7. The quantitative estimate of drug-likeness (QED) is 0.827. The van der Waals surface area contributed by atoms with E-state index in [0.29, 0.717) is 31.6 Å². The molecule has 0 unspecified atom stereocenters. The third-order valence-electron chi connectivity index (χ3n) is 3.80. The lowest BCUT2D eigenvalue weighted by Crippen LogP contribution is -2.39. The summed E-state index contributed by atoms with van der Waals surface area (Å²) < 4.78 is 27.0. The molecule has 2 heterocycles. The zero-order chi connectivity index (χ0) is 15.3. The molecule has 0 atom stereocenters. The van der Waals surface area contributed by atoms with Crippen molar-refractivity contribution in [2.45, 2.75) is 31.1 Å². The zero-order valence-electron chi connectivity index (χ0n) is 12.3. The van der Waals surface area contributed by atoms with Crippen molar-refractivity contribution in [3.63, 3.8) is 0 Å². The van der Waals surface area contributed by atoms with Gasteiger partial charge in [0, 0.05) is 38.6 Å². The van der Waals surface area contributed by atoms with Gasteiger partial charge in [0.15, 0.2) is 0 Å². The number of nitrogens with one attached hydrogen (secondary N) is 1. The van der Waals surface area contributed by atoms with Crippen LogP contribution in [0.5, 0.6) is 0 Å². The van der Waals surface area contributed by atoms with Gasteiger partial charge in [-0.25, -0.2) is 8.42 Å². The summed E-state index contributed by atoms with van der Waals surface area (Å²) in [5.41, 5.74) is 0.608. The molecule has 0 radical (unpaired) electrons. The molecule has 118 valence electrons. The van der Waals surface area contributed by atoms with Gasteiger partial charge in [-0.3, -0.25) is 4.98 Å². The predicted molar refractivity (Wildman–Crippen MR) is 81.6 cm³/mol. The van der Waals surface area contributed by atoms with Crippen LogP contribution in [0.3, 0.4) is 0 Å². The van der Waals surface area contributed by atoms with Crippen LogP contribution in [0.4, 0.5) is 5.69 Å². The fourth-order valence-corrected chi connectivity index (χ4v) is 4.04. The van der Waals surface area contributed by atoms with Crippen molar-refractivity contribution in [3.8, 4) is 0 Å². The highest BCUT2D eigenvalue weighted by atomic mass is 32.2. The number of aromatic nitrogens is 1. The van der Waals surface area contributed by atoms with E-state index in [1.165, 1.54) is 10.5 Å². The number of aliphatic hydroxyl groups excluding tert-OH is 1. The molecular weight excluding hydrogens is 290 g/mol. The third-order valence-corrected chi connectivity index (χ3v) is 5.73. The van der Waals surface area contributed by atoms with E-state index in [-0.39, 0.29) is 17.4 Å². The van der Waals surface area contributed by atoms with Gasteiger partial charge < -0.3 is 10.4 Å². The van der Waals surface area contributed by atoms with E-state index in [1.807, 2.05) is 6.92 Å². The summed E-state index contributed by atoms with van der Waals surface area (Å²) in [6, 6.07) is 1.70. The highest BCUT2D eigenvalue weighted by molar-refractivity contribution is 7.89. The second kappa shape index (κ2) is 7.20. The molecule has 2 rings (SSSR count). The topological polar surface area (TPSA) is 82.5 Å². The minimum absolute atomic E-state index is 0.129. The lowest BCUT2D eigenvalue weighted by Gasteiger charge is -2.30. The maximum Gasteiger partial charge on any atom is 0.246 e. The second-order valence-corrected chi connectivity index (χ2v) is 7.24. The monoisotopic (exact) mass is 313 g/mol. The molecule has 0 spiro atoms. The molecule has 6 nitrogen and oxygen atoms in total. The molecular formula is C14H23N3O3S. The van der Waals surface area contributed by atoms with Crippen molar-refractivity contribution in [3.05, 3.63) is 18.5 Å². The van der Waals surface area contributed by atoms with Crippen molar-refractivity contribution in [1.29, 1.82) is 0 Å². The number of hydrogen-bond donors (Lipinski definition) is 2. The smallest absolute Gasteiger partial charge is 0.246 e. The molecule has 1 fully saturated rings. The minimum Gasteiger partial charge on any atom is -0.396 e. The maximum absolute atomic E-state index is 12.7. The Kier molecular flexibility index (Phi) is 5.55. The Morgan fingerprint density at radius 3 is 2.76 bits per heavy atom. The van der Waals surface area contributed by atoms with Crippen LogP contribution in [0.2, 0.25) is 0 Å². The van der Waals surface area contributed by atoms with Crippen molar-refractivity contribution < 1.29 is 13.5 Å². The average molecular weight is 313 g/mol. The van der Waals surface area contributed by atoms with Gasteiger partial charge in [0.1, 0.15) is 4.90 Å². The first-order chi connectivity index (χ1) is 10.1. The minimum atomic E-state index is -3.53.